The molecule has 20 heavy (non-hydrogen) atoms. The van der Waals surface area contributed by atoms with Gasteiger partial charge in [0.2, 0.25) is 0 Å². The van der Waals surface area contributed by atoms with Gasteiger partial charge in [-0.3, -0.25) is 9.59 Å². The summed E-state index contributed by atoms with van der Waals surface area (Å²) in [6.45, 7) is 0. The topological polar surface area (TPSA) is 66.4 Å². The summed E-state index contributed by atoms with van der Waals surface area (Å²) in [6.07, 6.45) is 1.92. The monoisotopic (exact) mass is 289 g/mol. The highest BCUT2D eigenvalue weighted by Crippen LogP contribution is 2.28. The molecule has 0 saturated heterocycles. The van der Waals surface area contributed by atoms with Crippen LogP contribution < -0.4 is 5.32 Å². The number of nitrogens with one attached hydrogen (secondary N) is 1. The van der Waals surface area contributed by atoms with Crippen molar-refractivity contribution in [3.05, 3.63) is 35.2 Å². The van der Waals surface area contributed by atoms with Crippen molar-refractivity contribution in [3.8, 4) is 0 Å². The highest BCUT2D eigenvalue weighted by atomic mass is 32.1. The molecule has 1 aliphatic carbocycles. The number of fused-ring (bicyclic) bond motifs is 1. The highest BCUT2D eigenvalue weighted by molar-refractivity contribution is 7.20. The van der Waals surface area contributed by atoms with Crippen LogP contribution in [0.1, 0.15) is 28.9 Å². The molecule has 1 aromatic carbocycles. The minimum absolute atomic E-state index is 0.0196. The average Bonchev–Trinajstić information content (AvgIpc) is 3.04. The molecule has 0 bridgehead atoms. The summed E-state index contributed by atoms with van der Waals surface area (Å²) < 4.78 is 1.09. The second-order valence-electron chi connectivity index (χ2n) is 5.17. The Balaban J connectivity index is 1.69. The molecule has 1 heterocycles. The van der Waals surface area contributed by atoms with Crippen LogP contribution in [-0.2, 0) is 4.79 Å². The van der Waals surface area contributed by atoms with Crippen LogP contribution in [0.25, 0.3) is 10.1 Å². The van der Waals surface area contributed by atoms with Crippen molar-refractivity contribution in [2.75, 3.05) is 0 Å². The van der Waals surface area contributed by atoms with E-state index in [0.717, 1.165) is 16.5 Å². The zero-order valence-corrected chi connectivity index (χ0v) is 11.7. The summed E-state index contributed by atoms with van der Waals surface area (Å²) in [4.78, 5) is 23.8. The molecule has 104 valence electrons. The molecule has 1 aromatic heterocycles. The fourth-order valence-electron chi connectivity index (χ4n) is 2.69. The van der Waals surface area contributed by atoms with Gasteiger partial charge in [0.1, 0.15) is 0 Å². The molecule has 3 rings (SSSR count). The number of rotatable bonds is 3. The first kappa shape index (κ1) is 13.1. The van der Waals surface area contributed by atoms with Gasteiger partial charge in [0.05, 0.1) is 10.8 Å². The molecule has 5 heteroatoms. The smallest absolute Gasteiger partial charge is 0.306 e. The summed E-state index contributed by atoms with van der Waals surface area (Å²) >= 11 is 1.47. The summed E-state index contributed by atoms with van der Waals surface area (Å²) in [5, 5.41) is 13.0. The third-order valence-corrected chi connectivity index (χ3v) is 4.88. The lowest BCUT2D eigenvalue weighted by molar-refractivity contribution is -0.141. The Labute approximate surface area is 120 Å². The van der Waals surface area contributed by atoms with Crippen LogP contribution in [0.15, 0.2) is 30.3 Å². The molecule has 0 unspecified atom stereocenters. The van der Waals surface area contributed by atoms with Gasteiger partial charge in [-0.1, -0.05) is 18.2 Å². The van der Waals surface area contributed by atoms with Crippen LogP contribution >= 0.6 is 11.3 Å². The van der Waals surface area contributed by atoms with E-state index in [2.05, 4.69) is 5.32 Å². The van der Waals surface area contributed by atoms with Crippen molar-refractivity contribution >= 4 is 33.3 Å². The van der Waals surface area contributed by atoms with E-state index in [-0.39, 0.29) is 17.9 Å². The van der Waals surface area contributed by atoms with E-state index < -0.39 is 5.97 Å². The fraction of sp³-hybridized carbons (Fsp3) is 0.333. The molecule has 2 N–H and O–H groups in total. The van der Waals surface area contributed by atoms with Crippen molar-refractivity contribution in [3.63, 3.8) is 0 Å². The molecule has 0 spiro atoms. The largest absolute Gasteiger partial charge is 0.481 e. The molecular formula is C15H15NO3S. The maximum absolute atomic E-state index is 12.2. The molecule has 4 nitrogen and oxygen atoms in total. The zero-order valence-electron chi connectivity index (χ0n) is 10.8. The van der Waals surface area contributed by atoms with Crippen LogP contribution in [0.4, 0.5) is 0 Å². The van der Waals surface area contributed by atoms with Gasteiger partial charge < -0.3 is 10.4 Å². The molecule has 1 saturated carbocycles. The van der Waals surface area contributed by atoms with Crippen molar-refractivity contribution in [1.82, 2.24) is 5.32 Å². The first-order valence-corrected chi connectivity index (χ1v) is 7.47. The van der Waals surface area contributed by atoms with Crippen LogP contribution in [0.3, 0.4) is 0 Å². The third-order valence-electron chi connectivity index (χ3n) is 3.77. The standard InChI is InChI=1S/C15H15NO3S/c17-14(16-11-6-5-10(7-11)15(18)19)13-8-9-3-1-2-4-12(9)20-13/h1-4,8,10-11H,5-7H2,(H,16,17)(H,18,19)/t10-,11+/m1/s1. The van der Waals surface area contributed by atoms with Gasteiger partial charge in [-0.15, -0.1) is 11.3 Å². The quantitative estimate of drug-likeness (QED) is 0.913. The Kier molecular flexibility index (Phi) is 3.44. The van der Waals surface area contributed by atoms with E-state index in [1.54, 1.807) is 0 Å². The fourth-order valence-corrected chi connectivity index (χ4v) is 3.65. The first-order chi connectivity index (χ1) is 9.63. The van der Waals surface area contributed by atoms with E-state index in [0.29, 0.717) is 17.7 Å². The normalized spacial score (nSPS) is 22.0. The second-order valence-corrected chi connectivity index (χ2v) is 6.25. The van der Waals surface area contributed by atoms with Gasteiger partial charge in [0.25, 0.3) is 5.91 Å². The second kappa shape index (κ2) is 5.25. The van der Waals surface area contributed by atoms with E-state index >= 15 is 0 Å². The molecular weight excluding hydrogens is 274 g/mol. The Morgan fingerprint density at radius 1 is 1.25 bits per heavy atom. The molecule has 1 fully saturated rings. The lowest BCUT2D eigenvalue weighted by Crippen LogP contribution is -2.32. The first-order valence-electron chi connectivity index (χ1n) is 6.66. The predicted octanol–water partition coefficient (Wildman–Crippen LogP) is 2.88. The predicted molar refractivity (Wildman–Crippen MR) is 78.1 cm³/mol. The molecule has 1 amide bonds. The molecule has 0 radical (unpaired) electrons. The maximum Gasteiger partial charge on any atom is 0.306 e. The number of hydrogen-bond acceptors (Lipinski definition) is 3. The van der Waals surface area contributed by atoms with Gasteiger partial charge in [0.15, 0.2) is 0 Å². The Morgan fingerprint density at radius 2 is 2.05 bits per heavy atom. The van der Waals surface area contributed by atoms with E-state index in [1.165, 1.54) is 11.3 Å². The van der Waals surface area contributed by atoms with Gasteiger partial charge in [-0.2, -0.15) is 0 Å². The van der Waals surface area contributed by atoms with Crippen molar-refractivity contribution in [1.29, 1.82) is 0 Å². The van der Waals surface area contributed by atoms with Crippen LogP contribution in [0.5, 0.6) is 0 Å². The summed E-state index contributed by atoms with van der Waals surface area (Å²) in [5.41, 5.74) is 0. The molecule has 1 aliphatic rings. The average molecular weight is 289 g/mol. The van der Waals surface area contributed by atoms with Crippen molar-refractivity contribution in [2.24, 2.45) is 5.92 Å². The number of carbonyl (C=O) groups is 2. The number of carboxylic acids is 1. The summed E-state index contributed by atoms with van der Waals surface area (Å²) in [7, 11) is 0. The Hall–Kier alpha value is -1.88. The van der Waals surface area contributed by atoms with Gasteiger partial charge in [0, 0.05) is 10.7 Å². The summed E-state index contributed by atoms with van der Waals surface area (Å²) in [6, 6.07) is 9.75. The van der Waals surface area contributed by atoms with E-state index in [1.807, 2.05) is 30.3 Å². The molecule has 2 atom stereocenters. The SMILES string of the molecule is O=C(N[C@H]1CC[C@@H](C(=O)O)C1)c1cc2ccccc2s1. The third kappa shape index (κ3) is 2.54. The van der Waals surface area contributed by atoms with Gasteiger partial charge >= 0.3 is 5.97 Å². The minimum atomic E-state index is -0.761. The number of thiophene rings is 1. The van der Waals surface area contributed by atoms with Crippen LogP contribution in [0.2, 0.25) is 0 Å². The van der Waals surface area contributed by atoms with Crippen molar-refractivity contribution in [2.45, 2.75) is 25.3 Å². The molecule has 2 aromatic rings. The van der Waals surface area contributed by atoms with E-state index in [4.69, 9.17) is 5.11 Å². The lowest BCUT2D eigenvalue weighted by Gasteiger charge is -2.11. The zero-order chi connectivity index (χ0) is 14.1. The number of hydrogen-bond donors (Lipinski definition) is 2. The van der Waals surface area contributed by atoms with Gasteiger partial charge in [-0.25, -0.2) is 0 Å². The van der Waals surface area contributed by atoms with Crippen LogP contribution in [0, 0.1) is 5.92 Å². The number of amides is 1. The van der Waals surface area contributed by atoms with Gasteiger partial charge in [-0.05, 0) is 36.8 Å². The highest BCUT2D eigenvalue weighted by Gasteiger charge is 2.30. The number of carbonyl (C=O) groups excluding carboxylic acids is 1. The Morgan fingerprint density at radius 3 is 2.75 bits per heavy atom. The number of benzene rings is 1. The number of aliphatic carboxylic acids is 1. The van der Waals surface area contributed by atoms with Crippen molar-refractivity contribution < 1.29 is 14.7 Å². The number of carboxylic acid groups (broad SMARTS) is 1. The maximum atomic E-state index is 12.2. The van der Waals surface area contributed by atoms with E-state index in [9.17, 15) is 9.59 Å². The van der Waals surface area contributed by atoms with Crippen LogP contribution in [-0.4, -0.2) is 23.0 Å². The minimum Gasteiger partial charge on any atom is -0.481 e. The molecule has 0 aliphatic heterocycles. The summed E-state index contributed by atoms with van der Waals surface area (Å²) in [5.74, 6) is -1.17. The Bertz CT molecular complexity index is 631. The lowest BCUT2D eigenvalue weighted by atomic mass is 10.1.